The van der Waals surface area contributed by atoms with Crippen LogP contribution in [0.2, 0.25) is 0 Å². The van der Waals surface area contributed by atoms with Crippen molar-refractivity contribution in [1.29, 1.82) is 0 Å². The minimum Gasteiger partial charge on any atom is -0.497 e. The lowest BCUT2D eigenvalue weighted by Gasteiger charge is -2.24. The zero-order chi connectivity index (χ0) is 19.8. The molecule has 2 atom stereocenters. The van der Waals surface area contributed by atoms with Gasteiger partial charge in [0.25, 0.3) is 0 Å². The molecule has 27 heavy (non-hydrogen) atoms. The number of quaternary nitrogens is 1. The van der Waals surface area contributed by atoms with E-state index in [0.29, 0.717) is 12.6 Å². The first-order valence-electron chi connectivity index (χ1n) is 9.34. The van der Waals surface area contributed by atoms with Gasteiger partial charge in [0, 0.05) is 0 Å². The first-order chi connectivity index (χ1) is 12.9. The summed E-state index contributed by atoms with van der Waals surface area (Å²) in [5, 5.41) is 10.4. The van der Waals surface area contributed by atoms with Gasteiger partial charge in [0.1, 0.15) is 30.3 Å². The second-order valence-electron chi connectivity index (χ2n) is 7.12. The zero-order valence-electron chi connectivity index (χ0n) is 16.9. The normalized spacial score (nSPS) is 13.6. The molecule has 0 aliphatic rings. The van der Waals surface area contributed by atoms with Crippen molar-refractivity contribution in [2.45, 2.75) is 32.1 Å². The van der Waals surface area contributed by atoms with Gasteiger partial charge in [-0.15, -0.1) is 0 Å². The predicted molar refractivity (Wildman–Crippen MR) is 107 cm³/mol. The third-order valence-electron chi connectivity index (χ3n) is 4.84. The van der Waals surface area contributed by atoms with E-state index in [2.05, 4.69) is 20.9 Å². The maximum Gasteiger partial charge on any atom is 0.126 e. The van der Waals surface area contributed by atoms with Crippen molar-refractivity contribution in [1.82, 2.24) is 0 Å². The largest absolute Gasteiger partial charge is 0.497 e. The fourth-order valence-electron chi connectivity index (χ4n) is 2.82. The number of rotatable bonds is 10. The first kappa shape index (κ1) is 21.2. The molecule has 0 spiro atoms. The van der Waals surface area contributed by atoms with Gasteiger partial charge in [-0.2, -0.15) is 0 Å². The third-order valence-corrected chi connectivity index (χ3v) is 4.84. The zero-order valence-corrected chi connectivity index (χ0v) is 16.9. The molecular formula is C22H32NO4+. The van der Waals surface area contributed by atoms with E-state index in [1.165, 1.54) is 4.90 Å². The Morgan fingerprint density at radius 2 is 1.30 bits per heavy atom. The van der Waals surface area contributed by atoms with Crippen LogP contribution in [0.15, 0.2) is 48.5 Å². The highest BCUT2D eigenvalue weighted by atomic mass is 16.5. The molecule has 1 unspecified atom stereocenters. The molecule has 0 bridgehead atoms. The van der Waals surface area contributed by atoms with Gasteiger partial charge in [0.05, 0.1) is 33.9 Å². The number of nitrogens with one attached hydrogen (secondary N) is 1. The summed E-state index contributed by atoms with van der Waals surface area (Å²) in [5.41, 5.74) is 2.02. The maximum atomic E-state index is 10.4. The van der Waals surface area contributed by atoms with Crippen molar-refractivity contribution < 1.29 is 24.2 Å². The smallest absolute Gasteiger partial charge is 0.126 e. The molecule has 0 amide bonds. The molecular weight excluding hydrogens is 342 g/mol. The van der Waals surface area contributed by atoms with Crippen LogP contribution in [0.4, 0.5) is 0 Å². The number of aliphatic hydroxyl groups excluding tert-OH is 1. The van der Waals surface area contributed by atoms with Gasteiger partial charge < -0.3 is 24.2 Å². The third kappa shape index (κ3) is 6.24. The number of ether oxygens (including phenoxy) is 3. The highest BCUT2D eigenvalue weighted by Gasteiger charge is 2.20. The average molecular weight is 375 g/mol. The first-order valence-corrected chi connectivity index (χ1v) is 9.34. The second-order valence-corrected chi connectivity index (χ2v) is 7.12. The summed E-state index contributed by atoms with van der Waals surface area (Å²) < 4.78 is 16.7. The Labute approximate surface area is 162 Å². The monoisotopic (exact) mass is 374 g/mol. The summed E-state index contributed by atoms with van der Waals surface area (Å²) in [7, 11) is 5.38. The van der Waals surface area contributed by atoms with Gasteiger partial charge in [-0.25, -0.2) is 0 Å². The molecule has 2 aromatic carbocycles. The SMILES string of the molecule is COc1ccc(C(OC[C@H](O)C[NH+](C)C(C)C)c2ccc(OC)cc2)cc1. The van der Waals surface area contributed by atoms with Crippen LogP contribution in [-0.4, -0.2) is 51.7 Å². The van der Waals surface area contributed by atoms with E-state index in [1.54, 1.807) is 14.2 Å². The maximum absolute atomic E-state index is 10.4. The van der Waals surface area contributed by atoms with E-state index >= 15 is 0 Å². The van der Waals surface area contributed by atoms with Gasteiger partial charge in [-0.05, 0) is 49.2 Å². The van der Waals surface area contributed by atoms with Crippen LogP contribution in [0.5, 0.6) is 11.5 Å². The van der Waals surface area contributed by atoms with Crippen LogP contribution in [0.25, 0.3) is 0 Å². The summed E-state index contributed by atoms with van der Waals surface area (Å²) in [4.78, 5) is 1.27. The van der Waals surface area contributed by atoms with Crippen LogP contribution in [-0.2, 0) is 4.74 Å². The van der Waals surface area contributed by atoms with Crippen molar-refractivity contribution in [3.05, 3.63) is 59.7 Å². The van der Waals surface area contributed by atoms with Gasteiger partial charge >= 0.3 is 0 Å². The molecule has 148 valence electrons. The Balaban J connectivity index is 2.15. The van der Waals surface area contributed by atoms with Crippen LogP contribution < -0.4 is 14.4 Å². The molecule has 0 aromatic heterocycles. The molecule has 0 aliphatic carbocycles. The topological polar surface area (TPSA) is 52.4 Å². The number of hydrogen-bond donors (Lipinski definition) is 2. The van der Waals surface area contributed by atoms with Gasteiger partial charge in [-0.1, -0.05) is 24.3 Å². The van der Waals surface area contributed by atoms with Crippen molar-refractivity contribution >= 4 is 0 Å². The Kier molecular flexibility index (Phi) is 8.10. The Morgan fingerprint density at radius 3 is 1.67 bits per heavy atom. The minimum absolute atomic E-state index is 0.268. The minimum atomic E-state index is -0.522. The number of likely N-dealkylation sites (N-methyl/N-ethyl adjacent to an activating group) is 1. The molecule has 2 aromatic rings. The highest BCUT2D eigenvalue weighted by Crippen LogP contribution is 2.29. The lowest BCUT2D eigenvalue weighted by molar-refractivity contribution is -0.904. The van der Waals surface area contributed by atoms with Crippen molar-refractivity contribution in [2.75, 3.05) is 34.4 Å². The molecule has 5 heteroatoms. The molecule has 0 saturated heterocycles. The van der Waals surface area contributed by atoms with E-state index in [-0.39, 0.29) is 12.7 Å². The number of methoxy groups -OCH3 is 2. The number of benzene rings is 2. The molecule has 0 aliphatic heterocycles. The van der Waals surface area contributed by atoms with Gasteiger partial charge in [0.15, 0.2) is 0 Å². The molecule has 0 heterocycles. The van der Waals surface area contributed by atoms with E-state index in [4.69, 9.17) is 14.2 Å². The fourth-order valence-corrected chi connectivity index (χ4v) is 2.82. The molecule has 2 N–H and O–H groups in total. The van der Waals surface area contributed by atoms with Crippen LogP contribution in [0.3, 0.4) is 0 Å². The molecule has 2 rings (SSSR count). The van der Waals surface area contributed by atoms with E-state index in [0.717, 1.165) is 22.6 Å². The van der Waals surface area contributed by atoms with E-state index in [1.807, 2.05) is 48.5 Å². The van der Waals surface area contributed by atoms with E-state index in [9.17, 15) is 5.11 Å². The summed E-state index contributed by atoms with van der Waals surface area (Å²) in [6, 6.07) is 16.1. The quantitative estimate of drug-likeness (QED) is 0.669. The molecule has 5 nitrogen and oxygen atoms in total. The standard InChI is InChI=1S/C22H31NO4/c1-16(2)23(3)14-19(24)15-27-22(17-6-10-20(25-4)11-7-17)18-8-12-21(26-5)13-9-18/h6-13,16,19,22,24H,14-15H2,1-5H3/p+1/t19-/m1/s1. The Morgan fingerprint density at radius 1 is 0.852 bits per heavy atom. The average Bonchev–Trinajstić information content (AvgIpc) is 2.69. The van der Waals surface area contributed by atoms with Crippen LogP contribution >= 0.6 is 0 Å². The fraction of sp³-hybridized carbons (Fsp3) is 0.455. The molecule has 0 fully saturated rings. The van der Waals surface area contributed by atoms with E-state index < -0.39 is 6.10 Å². The van der Waals surface area contributed by atoms with Crippen LogP contribution in [0, 0.1) is 0 Å². The summed E-state index contributed by atoms with van der Waals surface area (Å²) >= 11 is 0. The second kappa shape index (κ2) is 10.3. The number of aliphatic hydroxyl groups is 1. The molecule has 0 radical (unpaired) electrons. The van der Waals surface area contributed by atoms with Crippen molar-refractivity contribution in [2.24, 2.45) is 0 Å². The highest BCUT2D eigenvalue weighted by molar-refractivity contribution is 5.36. The summed E-state index contributed by atoms with van der Waals surface area (Å²) in [6.07, 6.45) is -0.790. The Bertz CT molecular complexity index is 622. The summed E-state index contributed by atoms with van der Waals surface area (Å²) in [5.74, 6) is 1.60. The number of hydrogen-bond acceptors (Lipinski definition) is 4. The lowest BCUT2D eigenvalue weighted by atomic mass is 10.0. The lowest BCUT2D eigenvalue weighted by Crippen LogP contribution is -3.13. The summed E-state index contributed by atoms with van der Waals surface area (Å²) in [6.45, 7) is 5.20. The Hall–Kier alpha value is -2.08. The van der Waals surface area contributed by atoms with Crippen molar-refractivity contribution in [3.8, 4) is 11.5 Å². The van der Waals surface area contributed by atoms with Gasteiger partial charge in [0.2, 0.25) is 0 Å². The molecule has 0 saturated carbocycles. The predicted octanol–water partition coefficient (Wildman–Crippen LogP) is 2.09. The van der Waals surface area contributed by atoms with Crippen LogP contribution in [0.1, 0.15) is 31.1 Å². The van der Waals surface area contributed by atoms with Crippen molar-refractivity contribution in [3.63, 3.8) is 0 Å². The van der Waals surface area contributed by atoms with Gasteiger partial charge in [-0.3, -0.25) is 0 Å².